The smallest absolute Gasteiger partial charge is 0.138 e. The molecule has 5 heteroatoms. The summed E-state index contributed by atoms with van der Waals surface area (Å²) in [6.07, 6.45) is 0. The summed E-state index contributed by atoms with van der Waals surface area (Å²) >= 11 is 12.3. The Morgan fingerprint density at radius 2 is 1.95 bits per heavy atom. The molecule has 3 nitrogen and oxygen atoms in total. The lowest BCUT2D eigenvalue weighted by molar-refractivity contribution is 0.302. The van der Waals surface area contributed by atoms with Crippen LogP contribution in [0.4, 0.5) is 5.82 Å². The number of nitrogens with zero attached hydrogens (tertiary/aromatic N) is 1. The number of anilines is 1. The Labute approximate surface area is 128 Å². The lowest BCUT2D eigenvalue weighted by Crippen LogP contribution is -2.04. The lowest BCUT2D eigenvalue weighted by atomic mass is 10.2. The third-order valence-electron chi connectivity index (χ3n) is 2.73. The maximum atomic E-state index is 6.13. The average Bonchev–Trinajstić information content (AvgIpc) is 2.41. The lowest BCUT2D eigenvalue weighted by Gasteiger charge is -2.11. The van der Waals surface area contributed by atoms with Crippen LogP contribution in [0.25, 0.3) is 0 Å². The van der Waals surface area contributed by atoms with Crippen LogP contribution >= 0.6 is 23.2 Å². The van der Waals surface area contributed by atoms with Crippen LogP contribution in [-0.4, -0.2) is 11.5 Å². The van der Waals surface area contributed by atoms with Gasteiger partial charge in [-0.1, -0.05) is 29.3 Å². The summed E-state index contributed by atoms with van der Waals surface area (Å²) in [4.78, 5) is 4.41. The first-order valence-electron chi connectivity index (χ1n) is 6.38. The summed E-state index contributed by atoms with van der Waals surface area (Å²) in [6, 6.07) is 9.31. The van der Waals surface area contributed by atoms with E-state index in [1.54, 1.807) is 0 Å². The molecule has 0 unspecified atom stereocenters. The van der Waals surface area contributed by atoms with Crippen LogP contribution in [0.15, 0.2) is 30.3 Å². The maximum Gasteiger partial charge on any atom is 0.138 e. The monoisotopic (exact) mass is 310 g/mol. The van der Waals surface area contributed by atoms with Gasteiger partial charge in [0, 0.05) is 6.54 Å². The highest BCUT2D eigenvalue weighted by atomic mass is 35.5. The van der Waals surface area contributed by atoms with Crippen LogP contribution in [0.5, 0.6) is 5.75 Å². The summed E-state index contributed by atoms with van der Waals surface area (Å²) in [5, 5.41) is 4.31. The topological polar surface area (TPSA) is 34.1 Å². The molecule has 2 rings (SSSR count). The van der Waals surface area contributed by atoms with Gasteiger partial charge in [0.05, 0.1) is 15.7 Å². The molecule has 0 aliphatic rings. The molecule has 0 atom stereocenters. The average molecular weight is 311 g/mol. The van der Waals surface area contributed by atoms with Crippen molar-refractivity contribution in [2.75, 3.05) is 11.9 Å². The van der Waals surface area contributed by atoms with Crippen molar-refractivity contribution in [3.05, 3.63) is 51.6 Å². The first kappa shape index (κ1) is 14.9. The highest BCUT2D eigenvalue weighted by Gasteiger charge is 2.07. The minimum absolute atomic E-state index is 0.279. The number of aryl methyl sites for hydroxylation is 1. The van der Waals surface area contributed by atoms with Gasteiger partial charge >= 0.3 is 0 Å². The van der Waals surface area contributed by atoms with Gasteiger partial charge in [-0.2, -0.15) is 0 Å². The molecule has 0 radical (unpaired) electrons. The fraction of sp³-hybridized carbons (Fsp3) is 0.267. The Kier molecular flexibility index (Phi) is 5.10. The van der Waals surface area contributed by atoms with Crippen molar-refractivity contribution in [1.29, 1.82) is 0 Å². The molecule has 0 spiro atoms. The number of benzene rings is 1. The molecular formula is C15H16Cl2N2O. The summed E-state index contributed by atoms with van der Waals surface area (Å²) in [5.74, 6) is 1.41. The van der Waals surface area contributed by atoms with Gasteiger partial charge in [0.15, 0.2) is 0 Å². The highest BCUT2D eigenvalue weighted by molar-refractivity contribution is 6.32. The first-order chi connectivity index (χ1) is 9.60. The highest BCUT2D eigenvalue weighted by Crippen LogP contribution is 2.27. The number of aromatic nitrogens is 1. The summed E-state index contributed by atoms with van der Waals surface area (Å²) in [6.45, 7) is 5.08. The molecule has 2 aromatic rings. The standard InChI is InChI=1S/C15H16Cl2N2O/c1-3-18-15-7-5-11(16)13(19-15)9-20-14-6-4-10(2)8-12(14)17/h4-8H,3,9H2,1-2H3,(H,18,19). The van der Waals surface area contributed by atoms with E-state index in [1.807, 2.05) is 44.2 Å². The number of pyridine rings is 1. The maximum absolute atomic E-state index is 6.13. The molecule has 1 aromatic carbocycles. The molecule has 0 fully saturated rings. The number of rotatable bonds is 5. The molecule has 0 aliphatic heterocycles. The zero-order valence-electron chi connectivity index (χ0n) is 11.4. The molecule has 1 heterocycles. The Balaban J connectivity index is 2.11. The number of halogens is 2. The third-order valence-corrected chi connectivity index (χ3v) is 3.37. The van der Waals surface area contributed by atoms with E-state index >= 15 is 0 Å². The van der Waals surface area contributed by atoms with Crippen LogP contribution in [0, 0.1) is 6.92 Å². The van der Waals surface area contributed by atoms with E-state index in [0.29, 0.717) is 21.5 Å². The van der Waals surface area contributed by atoms with E-state index < -0.39 is 0 Å². The van der Waals surface area contributed by atoms with Crippen molar-refractivity contribution in [2.45, 2.75) is 20.5 Å². The van der Waals surface area contributed by atoms with Crippen LogP contribution in [0.2, 0.25) is 10.0 Å². The number of nitrogens with one attached hydrogen (secondary N) is 1. The predicted octanol–water partition coefficient (Wildman–Crippen LogP) is 4.71. The van der Waals surface area contributed by atoms with Crippen LogP contribution in [0.1, 0.15) is 18.2 Å². The quantitative estimate of drug-likeness (QED) is 0.868. The van der Waals surface area contributed by atoms with Gasteiger partial charge in [-0.3, -0.25) is 0 Å². The van der Waals surface area contributed by atoms with Crippen molar-refractivity contribution >= 4 is 29.0 Å². The summed E-state index contributed by atoms with van der Waals surface area (Å²) in [7, 11) is 0. The van der Waals surface area contributed by atoms with Crippen molar-refractivity contribution in [1.82, 2.24) is 4.98 Å². The molecule has 1 aromatic heterocycles. The van der Waals surface area contributed by atoms with Gasteiger partial charge in [0.25, 0.3) is 0 Å². The van der Waals surface area contributed by atoms with E-state index in [-0.39, 0.29) is 6.61 Å². The molecule has 0 amide bonds. The van der Waals surface area contributed by atoms with Gasteiger partial charge < -0.3 is 10.1 Å². The van der Waals surface area contributed by atoms with Crippen LogP contribution < -0.4 is 10.1 Å². The molecule has 106 valence electrons. The van der Waals surface area contributed by atoms with Gasteiger partial charge in [0.2, 0.25) is 0 Å². The largest absolute Gasteiger partial charge is 0.486 e. The van der Waals surface area contributed by atoms with Crippen molar-refractivity contribution in [3.63, 3.8) is 0 Å². The van der Waals surface area contributed by atoms with Crippen molar-refractivity contribution in [2.24, 2.45) is 0 Å². The normalized spacial score (nSPS) is 10.4. The minimum atomic E-state index is 0.279. The van der Waals surface area contributed by atoms with Crippen LogP contribution in [-0.2, 0) is 6.61 Å². The Morgan fingerprint density at radius 1 is 1.15 bits per heavy atom. The Hall–Kier alpha value is -1.45. The first-order valence-corrected chi connectivity index (χ1v) is 7.14. The fourth-order valence-electron chi connectivity index (χ4n) is 1.73. The molecule has 20 heavy (non-hydrogen) atoms. The molecular weight excluding hydrogens is 295 g/mol. The number of hydrogen-bond donors (Lipinski definition) is 1. The molecule has 0 bridgehead atoms. The van der Waals surface area contributed by atoms with E-state index in [0.717, 1.165) is 17.9 Å². The second-order valence-corrected chi connectivity index (χ2v) is 5.19. The zero-order chi connectivity index (χ0) is 14.5. The zero-order valence-corrected chi connectivity index (χ0v) is 12.9. The molecule has 0 saturated carbocycles. The predicted molar refractivity (Wildman–Crippen MR) is 83.9 cm³/mol. The van der Waals surface area contributed by atoms with E-state index in [1.165, 1.54) is 0 Å². The van der Waals surface area contributed by atoms with E-state index in [4.69, 9.17) is 27.9 Å². The minimum Gasteiger partial charge on any atom is -0.486 e. The van der Waals surface area contributed by atoms with Crippen molar-refractivity contribution in [3.8, 4) is 5.75 Å². The fourth-order valence-corrected chi connectivity index (χ4v) is 2.18. The SMILES string of the molecule is CCNc1ccc(Cl)c(COc2ccc(C)cc2Cl)n1. The second kappa shape index (κ2) is 6.82. The summed E-state index contributed by atoms with van der Waals surface area (Å²) < 4.78 is 5.69. The third kappa shape index (κ3) is 3.78. The van der Waals surface area contributed by atoms with Gasteiger partial charge in [-0.05, 0) is 43.7 Å². The molecule has 0 saturated heterocycles. The van der Waals surface area contributed by atoms with Crippen LogP contribution in [0.3, 0.4) is 0 Å². The van der Waals surface area contributed by atoms with Gasteiger partial charge in [0.1, 0.15) is 18.2 Å². The molecule has 1 N–H and O–H groups in total. The Morgan fingerprint density at radius 3 is 2.65 bits per heavy atom. The van der Waals surface area contributed by atoms with Crippen molar-refractivity contribution < 1.29 is 4.74 Å². The number of hydrogen-bond acceptors (Lipinski definition) is 3. The van der Waals surface area contributed by atoms with E-state index in [9.17, 15) is 0 Å². The van der Waals surface area contributed by atoms with E-state index in [2.05, 4.69) is 10.3 Å². The summed E-state index contributed by atoms with van der Waals surface area (Å²) in [5.41, 5.74) is 1.77. The molecule has 0 aliphatic carbocycles. The van der Waals surface area contributed by atoms with Gasteiger partial charge in [-0.15, -0.1) is 0 Å². The second-order valence-electron chi connectivity index (χ2n) is 4.38. The Bertz CT molecular complexity index is 602. The number of ether oxygens (including phenoxy) is 1. The van der Waals surface area contributed by atoms with Gasteiger partial charge in [-0.25, -0.2) is 4.98 Å².